The normalized spacial score (nSPS) is 14.0. The van der Waals surface area contributed by atoms with Crippen molar-refractivity contribution < 1.29 is 36.9 Å². The number of hydrogen-bond acceptors (Lipinski definition) is 7. The lowest BCUT2D eigenvalue weighted by atomic mass is 9.81. The van der Waals surface area contributed by atoms with Crippen molar-refractivity contribution in [1.82, 2.24) is 0 Å². The second-order valence-corrected chi connectivity index (χ2v) is 10.8. The number of benzene rings is 1. The fourth-order valence-corrected chi connectivity index (χ4v) is 4.48. The van der Waals surface area contributed by atoms with Gasteiger partial charge >= 0.3 is 0 Å². The molecular weight excluding hydrogens is 498 g/mol. The minimum atomic E-state index is -3.70. The van der Waals surface area contributed by atoms with E-state index < -0.39 is 49.3 Å². The van der Waals surface area contributed by atoms with Crippen LogP contribution in [-0.4, -0.2) is 36.9 Å². The maximum Gasteiger partial charge on any atom is 0.281 e. The van der Waals surface area contributed by atoms with Crippen LogP contribution in [0.1, 0.15) is 29.6 Å². The van der Waals surface area contributed by atoms with Crippen molar-refractivity contribution in [2.75, 3.05) is 6.26 Å². The highest BCUT2D eigenvalue weighted by molar-refractivity contribution is 7.90. The van der Waals surface area contributed by atoms with Crippen molar-refractivity contribution in [3.8, 4) is 11.1 Å². The van der Waals surface area contributed by atoms with Crippen molar-refractivity contribution in [1.29, 1.82) is 0 Å². The summed E-state index contributed by atoms with van der Waals surface area (Å²) in [5.41, 5.74) is 1.34. The fourth-order valence-electron chi connectivity index (χ4n) is 3.84. The molecule has 0 N–H and O–H groups in total. The van der Waals surface area contributed by atoms with Gasteiger partial charge in [0.2, 0.25) is 0 Å². The van der Waals surface area contributed by atoms with E-state index in [1.54, 1.807) is 0 Å². The Labute approximate surface area is 214 Å². The lowest BCUT2D eigenvalue weighted by molar-refractivity contribution is -0.671. The van der Waals surface area contributed by atoms with Gasteiger partial charge in [-0.05, 0) is 29.7 Å². The Kier molecular flexibility index (Phi) is 8.38. The lowest BCUT2D eigenvalue weighted by Crippen LogP contribution is -2.35. The number of sulfone groups is 1. The van der Waals surface area contributed by atoms with Crippen LogP contribution < -0.4 is 9.13 Å². The highest BCUT2D eigenvalue weighted by Crippen LogP contribution is 2.28. The highest BCUT2D eigenvalue weighted by atomic mass is 32.2. The molecule has 1 aliphatic carbocycles. The van der Waals surface area contributed by atoms with Gasteiger partial charge in [0.1, 0.15) is 20.0 Å². The number of rotatable bonds is 5. The van der Waals surface area contributed by atoms with Crippen LogP contribution in [0.15, 0.2) is 72.1 Å². The third-order valence-corrected chi connectivity index (χ3v) is 7.01. The van der Waals surface area contributed by atoms with Crippen LogP contribution in [0.25, 0.3) is 11.1 Å². The number of pyridine rings is 2. The molecule has 1 aliphatic rings. The van der Waals surface area contributed by atoms with E-state index in [9.17, 15) is 32.9 Å². The number of carbonyl (C=O) groups excluding carboxylic acids is 3. The van der Waals surface area contributed by atoms with E-state index in [0.717, 1.165) is 24.5 Å². The molecular formula is C26H27N3O7S+2. The van der Waals surface area contributed by atoms with Crippen LogP contribution >= 0.6 is 0 Å². The number of nitro benzene ring substituents is 1. The average molecular weight is 526 g/mol. The molecule has 10 nitrogen and oxygen atoms in total. The van der Waals surface area contributed by atoms with Crippen LogP contribution in [0.4, 0.5) is 5.69 Å². The topological polar surface area (TPSA) is 136 Å². The summed E-state index contributed by atoms with van der Waals surface area (Å²) in [5, 5.41) is 11.1. The van der Waals surface area contributed by atoms with E-state index in [4.69, 9.17) is 0 Å². The first-order chi connectivity index (χ1) is 17.4. The van der Waals surface area contributed by atoms with Crippen molar-refractivity contribution in [2.45, 2.75) is 24.2 Å². The van der Waals surface area contributed by atoms with Crippen LogP contribution in [0.3, 0.4) is 0 Å². The summed E-state index contributed by atoms with van der Waals surface area (Å²) >= 11 is 0. The number of Topliss-reactive ketones (excluding diaryl/α,β-unsaturated/α-hetero) is 3. The fraction of sp³-hybridized carbons (Fsp3) is 0.269. The Morgan fingerprint density at radius 2 is 1.35 bits per heavy atom. The number of nitro groups is 1. The Bertz CT molecular complexity index is 1410. The summed E-state index contributed by atoms with van der Waals surface area (Å²) in [6, 6.07) is 11.3. The zero-order valence-corrected chi connectivity index (χ0v) is 21.5. The lowest BCUT2D eigenvalue weighted by Gasteiger charge is -2.18. The molecule has 0 atom stereocenters. The molecule has 11 heteroatoms. The number of nitrogens with zero attached hydrogens (tertiary/aromatic N) is 3. The summed E-state index contributed by atoms with van der Waals surface area (Å²) in [6.45, 7) is 0. The van der Waals surface area contributed by atoms with Gasteiger partial charge in [0.15, 0.2) is 52.0 Å². The molecule has 0 bridgehead atoms. The number of ketones is 3. The molecule has 0 saturated heterocycles. The van der Waals surface area contributed by atoms with Gasteiger partial charge < -0.3 is 0 Å². The summed E-state index contributed by atoms with van der Waals surface area (Å²) in [4.78, 5) is 46.0. The molecule has 0 unspecified atom stereocenters. The van der Waals surface area contributed by atoms with Crippen molar-refractivity contribution in [2.24, 2.45) is 20.0 Å². The molecule has 0 spiro atoms. The van der Waals surface area contributed by atoms with Gasteiger partial charge in [-0.3, -0.25) is 24.5 Å². The van der Waals surface area contributed by atoms with Crippen molar-refractivity contribution in [3.05, 3.63) is 82.9 Å². The van der Waals surface area contributed by atoms with Crippen LogP contribution in [0.5, 0.6) is 0 Å². The first-order valence-corrected chi connectivity index (χ1v) is 13.3. The SMILES string of the molecule is CS(=O)(=O)c1ccc(C(=O)C2C(=O)CCCC2=O)c([N+](=O)[O-])c1.C[n+]1ccc(-c2cc[n+](C)cc2)cc1. The van der Waals surface area contributed by atoms with E-state index in [-0.39, 0.29) is 17.7 Å². The molecule has 37 heavy (non-hydrogen) atoms. The molecule has 3 aromatic rings. The maximum absolute atomic E-state index is 12.4. The Hall–Kier alpha value is -4.12. The predicted octanol–water partition coefficient (Wildman–Crippen LogP) is 2.12. The first kappa shape index (κ1) is 27.5. The third kappa shape index (κ3) is 6.76. The number of carbonyl (C=O) groups is 3. The van der Waals surface area contributed by atoms with E-state index >= 15 is 0 Å². The molecule has 0 radical (unpaired) electrons. The molecule has 2 aromatic heterocycles. The number of hydrogen-bond donors (Lipinski definition) is 0. The standard InChI is InChI=1S/C14H13NO7S.C12H14N2/c1-23(21,22)8-5-6-9(10(7-8)15(19)20)14(18)13-11(16)3-2-4-12(13)17;1-13-7-3-11(4-8-13)12-5-9-14(2)10-6-12/h5-7,13H,2-4H2,1H3;3-10H,1-2H3/q;+2. The minimum Gasteiger partial charge on any atom is -0.298 e. The zero-order chi connectivity index (χ0) is 27.3. The largest absolute Gasteiger partial charge is 0.298 e. The monoisotopic (exact) mass is 525 g/mol. The summed E-state index contributed by atoms with van der Waals surface area (Å²) in [7, 11) is 0.348. The summed E-state index contributed by atoms with van der Waals surface area (Å²) in [5.74, 6) is -3.61. The van der Waals surface area contributed by atoms with Crippen LogP contribution in [0, 0.1) is 16.0 Å². The van der Waals surface area contributed by atoms with Crippen LogP contribution in [-0.2, 0) is 33.5 Å². The van der Waals surface area contributed by atoms with Gasteiger partial charge in [0.25, 0.3) is 5.69 Å². The molecule has 1 saturated carbocycles. The maximum atomic E-state index is 12.4. The first-order valence-electron chi connectivity index (χ1n) is 11.4. The number of aromatic nitrogens is 2. The molecule has 192 valence electrons. The van der Waals surface area contributed by atoms with Crippen LogP contribution in [0.2, 0.25) is 0 Å². The molecule has 0 amide bonds. The van der Waals surface area contributed by atoms with E-state index in [1.807, 2.05) is 23.2 Å². The Balaban J connectivity index is 0.000000231. The smallest absolute Gasteiger partial charge is 0.281 e. The minimum absolute atomic E-state index is 0.0668. The van der Waals surface area contributed by atoms with Gasteiger partial charge in [0.05, 0.1) is 15.4 Å². The molecule has 2 heterocycles. The summed E-state index contributed by atoms with van der Waals surface area (Å²) < 4.78 is 27.0. The second kappa shape index (κ2) is 11.3. The zero-order valence-electron chi connectivity index (χ0n) is 20.7. The number of aryl methyl sites for hydroxylation is 2. The Morgan fingerprint density at radius 1 is 0.892 bits per heavy atom. The predicted molar refractivity (Wildman–Crippen MR) is 132 cm³/mol. The van der Waals surface area contributed by atoms with Gasteiger partial charge in [-0.1, -0.05) is 0 Å². The van der Waals surface area contributed by atoms with Crippen molar-refractivity contribution >= 4 is 32.9 Å². The third-order valence-electron chi connectivity index (χ3n) is 5.90. The average Bonchev–Trinajstić information content (AvgIpc) is 2.84. The Morgan fingerprint density at radius 3 is 1.76 bits per heavy atom. The summed E-state index contributed by atoms with van der Waals surface area (Å²) in [6.07, 6.45) is 9.60. The molecule has 0 aliphatic heterocycles. The second-order valence-electron chi connectivity index (χ2n) is 8.80. The van der Waals surface area contributed by atoms with E-state index in [1.165, 1.54) is 11.1 Å². The van der Waals surface area contributed by atoms with Gasteiger partial charge in [0, 0.05) is 49.4 Å². The molecule has 1 aromatic carbocycles. The van der Waals surface area contributed by atoms with Crippen molar-refractivity contribution in [3.63, 3.8) is 0 Å². The quantitative estimate of drug-likeness (QED) is 0.164. The van der Waals surface area contributed by atoms with Gasteiger partial charge in [-0.15, -0.1) is 0 Å². The molecule has 4 rings (SSSR count). The van der Waals surface area contributed by atoms with Gasteiger partial charge in [-0.25, -0.2) is 17.6 Å². The van der Waals surface area contributed by atoms with Gasteiger partial charge in [-0.2, -0.15) is 0 Å². The molecule has 1 fully saturated rings. The highest BCUT2D eigenvalue weighted by Gasteiger charge is 2.39. The van der Waals surface area contributed by atoms with E-state index in [0.29, 0.717) is 6.42 Å². The van der Waals surface area contributed by atoms with E-state index in [2.05, 4.69) is 49.1 Å².